The molecule has 0 saturated heterocycles. The van der Waals surface area contributed by atoms with Crippen molar-refractivity contribution in [1.29, 1.82) is 0 Å². The predicted molar refractivity (Wildman–Crippen MR) is 59.4 cm³/mol. The van der Waals surface area contributed by atoms with Crippen LogP contribution in [0, 0.1) is 5.92 Å². The van der Waals surface area contributed by atoms with E-state index in [1.165, 1.54) is 38.6 Å². The molecule has 1 N–H and O–H groups in total. The van der Waals surface area contributed by atoms with Crippen LogP contribution in [0.5, 0.6) is 0 Å². The second-order valence-corrected chi connectivity index (χ2v) is 4.67. The van der Waals surface area contributed by atoms with Crippen LogP contribution in [-0.2, 0) is 0 Å². The molecule has 1 nitrogen and oxygen atoms in total. The lowest BCUT2D eigenvalue weighted by atomic mass is 9.89. The zero-order valence-corrected chi connectivity index (χ0v) is 9.45. The quantitative estimate of drug-likeness (QED) is 0.677. The summed E-state index contributed by atoms with van der Waals surface area (Å²) in [6, 6.07) is 0.597. The Hall–Kier alpha value is 0.250. The third-order valence-corrected chi connectivity index (χ3v) is 3.24. The first-order valence-corrected chi connectivity index (χ1v) is 6.15. The molecule has 1 unspecified atom stereocenters. The van der Waals surface area contributed by atoms with E-state index in [0.29, 0.717) is 6.04 Å². The van der Waals surface area contributed by atoms with E-state index in [1.807, 2.05) is 0 Å². The fourth-order valence-corrected chi connectivity index (χ4v) is 2.35. The van der Waals surface area contributed by atoms with Crippen molar-refractivity contribution in [1.82, 2.24) is 5.32 Å². The third kappa shape index (κ3) is 4.87. The van der Waals surface area contributed by atoms with E-state index in [2.05, 4.69) is 12.2 Å². The van der Waals surface area contributed by atoms with Crippen LogP contribution in [-0.4, -0.2) is 18.5 Å². The monoisotopic (exact) mass is 203 g/mol. The highest BCUT2D eigenvalue weighted by Crippen LogP contribution is 2.22. The normalized spacial score (nSPS) is 21.7. The van der Waals surface area contributed by atoms with Gasteiger partial charge in [-0.2, -0.15) is 0 Å². The van der Waals surface area contributed by atoms with Gasteiger partial charge in [-0.1, -0.05) is 19.3 Å². The fourth-order valence-electron chi connectivity index (χ4n) is 2.02. The highest BCUT2D eigenvalue weighted by molar-refractivity contribution is 6.17. The molecule has 1 atom stereocenters. The van der Waals surface area contributed by atoms with Crippen molar-refractivity contribution in [3.8, 4) is 0 Å². The summed E-state index contributed by atoms with van der Waals surface area (Å²) in [6.07, 6.45) is 8.29. The van der Waals surface area contributed by atoms with Crippen LogP contribution in [0.15, 0.2) is 0 Å². The Balaban J connectivity index is 2.03. The minimum atomic E-state index is 0.597. The molecular formula is C11H22ClN. The van der Waals surface area contributed by atoms with Gasteiger partial charge in [0.25, 0.3) is 0 Å². The maximum atomic E-state index is 5.68. The Kier molecular flexibility index (Phi) is 5.81. The molecule has 1 rings (SSSR count). The second kappa shape index (κ2) is 6.67. The Morgan fingerprint density at radius 2 is 2.00 bits per heavy atom. The van der Waals surface area contributed by atoms with Gasteiger partial charge in [0.2, 0.25) is 0 Å². The molecule has 13 heavy (non-hydrogen) atoms. The van der Waals surface area contributed by atoms with Gasteiger partial charge >= 0.3 is 0 Å². The molecule has 0 bridgehead atoms. The van der Waals surface area contributed by atoms with Gasteiger partial charge in [0.1, 0.15) is 0 Å². The van der Waals surface area contributed by atoms with Gasteiger partial charge in [0.05, 0.1) is 0 Å². The van der Waals surface area contributed by atoms with Gasteiger partial charge in [-0.3, -0.25) is 0 Å². The van der Waals surface area contributed by atoms with E-state index >= 15 is 0 Å². The average molecular weight is 204 g/mol. The summed E-state index contributed by atoms with van der Waals surface area (Å²) < 4.78 is 0. The average Bonchev–Trinajstić information content (AvgIpc) is 2.17. The summed E-state index contributed by atoms with van der Waals surface area (Å²) in [4.78, 5) is 0. The standard InChI is InChI=1S/C11H22ClN/c1-10(7-8-12)13-9-11-5-3-2-4-6-11/h10-11,13H,2-9H2,1H3. The molecule has 2 heteroatoms. The number of hydrogen-bond donors (Lipinski definition) is 1. The van der Waals surface area contributed by atoms with E-state index in [4.69, 9.17) is 11.6 Å². The van der Waals surface area contributed by atoms with Gasteiger partial charge in [-0.25, -0.2) is 0 Å². The SMILES string of the molecule is CC(CCCl)NCC1CCCCC1. The van der Waals surface area contributed by atoms with Gasteiger partial charge in [-0.15, -0.1) is 11.6 Å². The molecule has 1 aliphatic rings. The Morgan fingerprint density at radius 1 is 1.31 bits per heavy atom. The minimum Gasteiger partial charge on any atom is -0.314 e. The Bertz CT molecular complexity index is 121. The van der Waals surface area contributed by atoms with Gasteiger partial charge in [0.15, 0.2) is 0 Å². The molecule has 0 radical (unpaired) electrons. The van der Waals surface area contributed by atoms with Crippen molar-refractivity contribution in [2.75, 3.05) is 12.4 Å². The number of rotatable bonds is 5. The molecule has 0 amide bonds. The number of alkyl halides is 1. The summed E-state index contributed by atoms with van der Waals surface area (Å²) in [5, 5.41) is 3.57. The van der Waals surface area contributed by atoms with Crippen LogP contribution >= 0.6 is 11.6 Å². The van der Waals surface area contributed by atoms with E-state index in [0.717, 1.165) is 18.2 Å². The molecule has 0 aromatic carbocycles. The maximum Gasteiger partial charge on any atom is 0.0238 e. The summed E-state index contributed by atoms with van der Waals surface area (Å²) in [6.45, 7) is 3.43. The largest absolute Gasteiger partial charge is 0.314 e. The lowest BCUT2D eigenvalue weighted by Gasteiger charge is -2.23. The Labute approximate surface area is 87.2 Å². The highest BCUT2D eigenvalue weighted by atomic mass is 35.5. The molecule has 1 aliphatic carbocycles. The van der Waals surface area contributed by atoms with E-state index in [9.17, 15) is 0 Å². The van der Waals surface area contributed by atoms with Crippen molar-refractivity contribution in [3.63, 3.8) is 0 Å². The molecule has 1 fully saturated rings. The molecular weight excluding hydrogens is 182 g/mol. The summed E-state index contributed by atoms with van der Waals surface area (Å²) in [5.41, 5.74) is 0. The zero-order chi connectivity index (χ0) is 9.52. The molecule has 1 saturated carbocycles. The Morgan fingerprint density at radius 3 is 2.62 bits per heavy atom. The molecule has 0 aliphatic heterocycles. The van der Waals surface area contributed by atoms with Gasteiger partial charge in [0, 0.05) is 11.9 Å². The van der Waals surface area contributed by atoms with Crippen molar-refractivity contribution in [2.45, 2.75) is 51.5 Å². The van der Waals surface area contributed by atoms with Crippen molar-refractivity contribution in [3.05, 3.63) is 0 Å². The molecule has 0 aromatic heterocycles. The third-order valence-electron chi connectivity index (χ3n) is 3.02. The van der Waals surface area contributed by atoms with Crippen LogP contribution < -0.4 is 5.32 Å². The lowest BCUT2D eigenvalue weighted by molar-refractivity contribution is 0.329. The van der Waals surface area contributed by atoms with E-state index < -0.39 is 0 Å². The molecule has 0 heterocycles. The smallest absolute Gasteiger partial charge is 0.0238 e. The predicted octanol–water partition coefficient (Wildman–Crippen LogP) is 3.17. The number of halogens is 1. The molecule has 78 valence electrons. The number of nitrogens with one attached hydrogen (secondary N) is 1. The fraction of sp³-hybridized carbons (Fsp3) is 1.00. The first-order chi connectivity index (χ1) is 6.33. The highest BCUT2D eigenvalue weighted by Gasteiger charge is 2.13. The van der Waals surface area contributed by atoms with Crippen molar-refractivity contribution < 1.29 is 0 Å². The van der Waals surface area contributed by atoms with Gasteiger partial charge in [-0.05, 0) is 38.6 Å². The summed E-state index contributed by atoms with van der Waals surface area (Å²) in [5.74, 6) is 1.71. The minimum absolute atomic E-state index is 0.597. The molecule has 0 spiro atoms. The van der Waals surface area contributed by atoms with Crippen LogP contribution in [0.3, 0.4) is 0 Å². The van der Waals surface area contributed by atoms with E-state index in [-0.39, 0.29) is 0 Å². The van der Waals surface area contributed by atoms with Crippen molar-refractivity contribution in [2.24, 2.45) is 5.92 Å². The summed E-state index contributed by atoms with van der Waals surface area (Å²) in [7, 11) is 0. The second-order valence-electron chi connectivity index (χ2n) is 4.29. The zero-order valence-electron chi connectivity index (χ0n) is 8.69. The summed E-state index contributed by atoms with van der Waals surface area (Å²) >= 11 is 5.68. The van der Waals surface area contributed by atoms with E-state index in [1.54, 1.807) is 0 Å². The maximum absolute atomic E-state index is 5.68. The van der Waals surface area contributed by atoms with Crippen LogP contribution in [0.2, 0.25) is 0 Å². The first kappa shape index (κ1) is 11.3. The van der Waals surface area contributed by atoms with Gasteiger partial charge < -0.3 is 5.32 Å². The van der Waals surface area contributed by atoms with Crippen LogP contribution in [0.4, 0.5) is 0 Å². The van der Waals surface area contributed by atoms with Crippen LogP contribution in [0.1, 0.15) is 45.4 Å². The topological polar surface area (TPSA) is 12.0 Å². The molecule has 0 aromatic rings. The van der Waals surface area contributed by atoms with Crippen molar-refractivity contribution >= 4 is 11.6 Å². The van der Waals surface area contributed by atoms with Crippen LogP contribution in [0.25, 0.3) is 0 Å². The lowest BCUT2D eigenvalue weighted by Crippen LogP contribution is -2.32. The number of hydrogen-bond acceptors (Lipinski definition) is 1. The first-order valence-electron chi connectivity index (χ1n) is 5.62.